The van der Waals surface area contributed by atoms with E-state index < -0.39 is 37.7 Å². The molecule has 9 heteroatoms. The molecule has 0 radical (unpaired) electrons. The zero-order valence-electron chi connectivity index (χ0n) is 6.88. The highest BCUT2D eigenvalue weighted by molar-refractivity contribution is 6.35. The fraction of sp³-hybridized carbons (Fsp3) is 0. The molecule has 15 heavy (non-hydrogen) atoms. The molecule has 8 nitrogen and oxygen atoms in total. The van der Waals surface area contributed by atoms with Crippen LogP contribution in [0.25, 0.3) is 0 Å². The van der Waals surface area contributed by atoms with Gasteiger partial charge in [0.1, 0.15) is 0 Å². The molecular formula is C6H3ClN2O6. The number of benzene rings is 1. The van der Waals surface area contributed by atoms with Crippen molar-refractivity contribution >= 4 is 23.0 Å². The van der Waals surface area contributed by atoms with Crippen molar-refractivity contribution in [2.45, 2.75) is 0 Å². The van der Waals surface area contributed by atoms with E-state index in [0.29, 0.717) is 6.07 Å². The normalized spacial score (nSPS) is 9.93. The summed E-state index contributed by atoms with van der Waals surface area (Å²) in [4.78, 5) is 18.6. The number of phenols is 2. The van der Waals surface area contributed by atoms with Crippen LogP contribution in [0.4, 0.5) is 11.4 Å². The summed E-state index contributed by atoms with van der Waals surface area (Å²) in [5.41, 5.74) is -2.03. The second-order valence-corrected chi connectivity index (χ2v) is 2.82. The first-order chi connectivity index (χ1) is 6.86. The quantitative estimate of drug-likeness (QED) is 0.590. The van der Waals surface area contributed by atoms with Crippen molar-refractivity contribution < 1.29 is 20.1 Å². The molecule has 0 aliphatic rings. The Bertz CT molecular complexity index is 421. The van der Waals surface area contributed by atoms with Gasteiger partial charge in [0.2, 0.25) is 5.02 Å². The molecule has 0 spiro atoms. The van der Waals surface area contributed by atoms with Crippen molar-refractivity contribution in [3.8, 4) is 11.5 Å². The molecule has 0 heterocycles. The summed E-state index contributed by atoms with van der Waals surface area (Å²) in [5, 5.41) is 37.9. The van der Waals surface area contributed by atoms with Crippen molar-refractivity contribution in [2.24, 2.45) is 0 Å². The zero-order valence-corrected chi connectivity index (χ0v) is 7.63. The number of rotatable bonds is 2. The average Bonchev–Trinajstić information content (AvgIpc) is 1.99. The Morgan fingerprint density at radius 2 is 1.40 bits per heavy atom. The Balaban J connectivity index is 3.64. The van der Waals surface area contributed by atoms with Gasteiger partial charge in [-0.05, 0) is 0 Å². The van der Waals surface area contributed by atoms with Crippen LogP contribution >= 0.6 is 11.6 Å². The number of hydrogen-bond acceptors (Lipinski definition) is 6. The molecule has 0 amide bonds. The van der Waals surface area contributed by atoms with Crippen LogP contribution in [0.15, 0.2) is 6.07 Å². The predicted octanol–water partition coefficient (Wildman–Crippen LogP) is 1.57. The number of phenolic OH excluding ortho intramolecular Hbond substituents is 2. The Morgan fingerprint density at radius 1 is 1.07 bits per heavy atom. The highest BCUT2D eigenvalue weighted by Gasteiger charge is 2.31. The van der Waals surface area contributed by atoms with E-state index in [1.807, 2.05) is 0 Å². The molecule has 80 valence electrons. The fourth-order valence-electron chi connectivity index (χ4n) is 0.951. The van der Waals surface area contributed by atoms with Gasteiger partial charge in [-0.1, -0.05) is 11.6 Å². The third-order valence-corrected chi connectivity index (χ3v) is 1.90. The summed E-state index contributed by atoms with van der Waals surface area (Å²) in [6.45, 7) is 0. The zero-order chi connectivity index (χ0) is 11.7. The minimum absolute atomic E-state index is 0.488. The molecule has 0 atom stereocenters. The van der Waals surface area contributed by atoms with E-state index in [2.05, 4.69) is 0 Å². The number of nitrogens with zero attached hydrogens (tertiary/aromatic N) is 2. The monoisotopic (exact) mass is 234 g/mol. The standard InChI is InChI=1S/C6H3ClN2O6/c7-4-5(8(12)13)2(10)1-3(11)6(4)9(14)15/h1,10-11H. The molecule has 0 unspecified atom stereocenters. The summed E-state index contributed by atoms with van der Waals surface area (Å²) < 4.78 is 0. The molecule has 0 aliphatic heterocycles. The summed E-state index contributed by atoms with van der Waals surface area (Å²) >= 11 is 5.31. The third-order valence-electron chi connectivity index (χ3n) is 1.54. The van der Waals surface area contributed by atoms with Gasteiger partial charge in [0.15, 0.2) is 11.5 Å². The second kappa shape index (κ2) is 3.58. The second-order valence-electron chi connectivity index (χ2n) is 2.44. The van der Waals surface area contributed by atoms with Gasteiger partial charge in [-0.2, -0.15) is 0 Å². The van der Waals surface area contributed by atoms with Crippen molar-refractivity contribution in [2.75, 3.05) is 0 Å². The SMILES string of the molecule is O=[N+]([O-])c1c(O)cc(O)c([N+](=O)[O-])c1Cl. The molecule has 0 saturated heterocycles. The lowest BCUT2D eigenvalue weighted by Crippen LogP contribution is -1.95. The van der Waals surface area contributed by atoms with E-state index in [1.165, 1.54) is 0 Å². The molecule has 1 aromatic carbocycles. The van der Waals surface area contributed by atoms with Crippen molar-refractivity contribution in [3.63, 3.8) is 0 Å². The Kier molecular flexibility index (Phi) is 2.62. The van der Waals surface area contributed by atoms with E-state index in [-0.39, 0.29) is 0 Å². The molecule has 0 bridgehead atoms. The number of aromatic hydroxyl groups is 2. The first kappa shape index (κ1) is 11.0. The number of nitro groups is 2. The molecule has 2 N–H and O–H groups in total. The fourth-order valence-corrected chi connectivity index (χ4v) is 1.28. The summed E-state index contributed by atoms with van der Waals surface area (Å²) in [7, 11) is 0. The molecule has 0 saturated carbocycles. The lowest BCUT2D eigenvalue weighted by Gasteiger charge is -2.01. The van der Waals surface area contributed by atoms with Gasteiger partial charge in [0.05, 0.1) is 9.85 Å². The molecule has 1 aromatic rings. The molecule has 0 aliphatic carbocycles. The number of halogens is 1. The Hall–Kier alpha value is -2.09. The van der Waals surface area contributed by atoms with Crippen LogP contribution in [-0.4, -0.2) is 20.1 Å². The maximum atomic E-state index is 10.4. The van der Waals surface area contributed by atoms with Crippen LogP contribution in [0.3, 0.4) is 0 Å². The molecule has 0 aromatic heterocycles. The largest absolute Gasteiger partial charge is 0.502 e. The van der Waals surface area contributed by atoms with Crippen LogP contribution in [-0.2, 0) is 0 Å². The summed E-state index contributed by atoms with van der Waals surface area (Å²) in [5.74, 6) is -1.87. The Morgan fingerprint density at radius 3 is 1.67 bits per heavy atom. The predicted molar refractivity (Wildman–Crippen MR) is 48.1 cm³/mol. The average molecular weight is 235 g/mol. The lowest BCUT2D eigenvalue weighted by atomic mass is 10.2. The Labute approximate surface area is 86.6 Å². The van der Waals surface area contributed by atoms with Gasteiger partial charge in [-0.3, -0.25) is 20.2 Å². The highest BCUT2D eigenvalue weighted by Crippen LogP contribution is 2.45. The topological polar surface area (TPSA) is 127 Å². The van der Waals surface area contributed by atoms with Gasteiger partial charge in [0.25, 0.3) is 0 Å². The minimum atomic E-state index is -1.08. The maximum Gasteiger partial charge on any atom is 0.336 e. The van der Waals surface area contributed by atoms with Gasteiger partial charge >= 0.3 is 11.4 Å². The van der Waals surface area contributed by atoms with E-state index in [0.717, 1.165) is 0 Å². The molecule has 1 rings (SSSR count). The minimum Gasteiger partial charge on any atom is -0.502 e. The van der Waals surface area contributed by atoms with Crippen LogP contribution in [0.1, 0.15) is 0 Å². The van der Waals surface area contributed by atoms with Crippen LogP contribution in [0.2, 0.25) is 5.02 Å². The van der Waals surface area contributed by atoms with E-state index >= 15 is 0 Å². The summed E-state index contributed by atoms with van der Waals surface area (Å²) in [6.07, 6.45) is 0. The van der Waals surface area contributed by atoms with Gasteiger partial charge < -0.3 is 10.2 Å². The van der Waals surface area contributed by atoms with Crippen molar-refractivity contribution in [1.82, 2.24) is 0 Å². The van der Waals surface area contributed by atoms with Crippen LogP contribution in [0, 0.1) is 20.2 Å². The van der Waals surface area contributed by atoms with Crippen molar-refractivity contribution in [3.05, 3.63) is 31.3 Å². The van der Waals surface area contributed by atoms with Crippen LogP contribution in [0.5, 0.6) is 11.5 Å². The first-order valence-electron chi connectivity index (χ1n) is 3.39. The van der Waals surface area contributed by atoms with Crippen molar-refractivity contribution in [1.29, 1.82) is 0 Å². The van der Waals surface area contributed by atoms with E-state index in [4.69, 9.17) is 21.8 Å². The maximum absolute atomic E-state index is 10.4. The highest BCUT2D eigenvalue weighted by atomic mass is 35.5. The first-order valence-corrected chi connectivity index (χ1v) is 3.77. The third kappa shape index (κ3) is 1.74. The van der Waals surface area contributed by atoms with E-state index in [9.17, 15) is 20.2 Å². The van der Waals surface area contributed by atoms with Gasteiger partial charge in [-0.15, -0.1) is 0 Å². The van der Waals surface area contributed by atoms with Gasteiger partial charge in [-0.25, -0.2) is 0 Å². The molecular weight excluding hydrogens is 232 g/mol. The lowest BCUT2D eigenvalue weighted by molar-refractivity contribution is -0.395. The van der Waals surface area contributed by atoms with Crippen LogP contribution < -0.4 is 0 Å². The van der Waals surface area contributed by atoms with Gasteiger partial charge in [0, 0.05) is 6.07 Å². The number of hydrogen-bond donors (Lipinski definition) is 2. The smallest absolute Gasteiger partial charge is 0.336 e. The number of nitro benzene ring substituents is 2. The summed E-state index contributed by atoms with van der Waals surface area (Å²) in [6, 6.07) is 0.488. The van der Waals surface area contributed by atoms with E-state index in [1.54, 1.807) is 0 Å². The molecule has 0 fully saturated rings.